The second-order valence-corrected chi connectivity index (χ2v) is 27.0. The third-order valence-corrected chi connectivity index (χ3v) is 17.2. The summed E-state index contributed by atoms with van der Waals surface area (Å²) in [6, 6.07) is -0.873. The Morgan fingerprint density at radius 3 is 1.05 bits per heavy atom. The molecule has 0 saturated carbocycles. The predicted molar refractivity (Wildman–Crippen MR) is 360 cm³/mol. The summed E-state index contributed by atoms with van der Waals surface area (Å²) in [5.74, 6) is -0.187. The average Bonchev–Trinajstić information content (AvgIpc) is 3.47. The van der Waals surface area contributed by atoms with Gasteiger partial charge in [0.15, 0.2) is 0 Å². The van der Waals surface area contributed by atoms with E-state index in [2.05, 4.69) is 67.8 Å². The van der Waals surface area contributed by atoms with Crippen LogP contribution in [0.2, 0.25) is 0 Å². The van der Waals surface area contributed by atoms with Crippen LogP contribution in [0.5, 0.6) is 0 Å². The van der Waals surface area contributed by atoms with Crippen molar-refractivity contribution in [2.45, 2.75) is 360 Å². The summed E-state index contributed by atoms with van der Waals surface area (Å²) in [6.07, 6.45) is 88.1. The summed E-state index contributed by atoms with van der Waals surface area (Å²) < 4.78 is 23.8. The van der Waals surface area contributed by atoms with Gasteiger partial charge in [-0.2, -0.15) is 0 Å². The highest BCUT2D eigenvalue weighted by Gasteiger charge is 2.28. The Kier molecular flexibility index (Phi) is 62.3. The van der Waals surface area contributed by atoms with Crippen LogP contribution in [-0.2, 0) is 18.4 Å². The number of hydrogen-bond acceptors (Lipinski definition) is 5. The number of rotatable bonds is 66. The van der Waals surface area contributed by atoms with E-state index in [4.69, 9.17) is 9.05 Å². The first kappa shape index (κ1) is 80.2. The fraction of sp³-hybridized carbons (Fsp3) is 0.849. The summed E-state index contributed by atoms with van der Waals surface area (Å²) >= 11 is 0. The third-order valence-electron chi connectivity index (χ3n) is 16.2. The van der Waals surface area contributed by atoms with E-state index in [1.165, 1.54) is 276 Å². The van der Waals surface area contributed by atoms with Crippen molar-refractivity contribution in [2.24, 2.45) is 0 Å². The lowest BCUT2D eigenvalue weighted by Crippen LogP contribution is -2.45. The van der Waals surface area contributed by atoms with Gasteiger partial charge >= 0.3 is 7.82 Å². The number of amides is 1. The van der Waals surface area contributed by atoms with E-state index < -0.39 is 20.0 Å². The van der Waals surface area contributed by atoms with Crippen LogP contribution in [0.25, 0.3) is 0 Å². The molecule has 0 bridgehead atoms. The molecule has 3 atom stereocenters. The van der Waals surface area contributed by atoms with E-state index in [1.54, 1.807) is 6.08 Å². The van der Waals surface area contributed by atoms with Crippen LogP contribution in [0.3, 0.4) is 0 Å². The van der Waals surface area contributed by atoms with Crippen molar-refractivity contribution in [3.63, 3.8) is 0 Å². The van der Waals surface area contributed by atoms with Crippen molar-refractivity contribution >= 4 is 13.7 Å². The summed E-state index contributed by atoms with van der Waals surface area (Å²) in [7, 11) is 1.56. The van der Waals surface area contributed by atoms with E-state index in [1.807, 2.05) is 27.2 Å². The van der Waals surface area contributed by atoms with Crippen LogP contribution < -0.4 is 5.32 Å². The highest BCUT2D eigenvalue weighted by atomic mass is 31.2. The summed E-state index contributed by atoms with van der Waals surface area (Å²) in [5, 5.41) is 14.0. The minimum Gasteiger partial charge on any atom is -0.387 e. The minimum atomic E-state index is -4.37. The number of carbonyl (C=O) groups excluding carboxylic acids is 1. The van der Waals surface area contributed by atoms with Crippen molar-refractivity contribution in [3.8, 4) is 0 Å². The highest BCUT2D eigenvalue weighted by Crippen LogP contribution is 2.43. The Morgan fingerprint density at radius 1 is 0.415 bits per heavy atom. The second kappa shape index (κ2) is 63.7. The molecule has 0 fully saturated rings. The maximum absolute atomic E-state index is 13.0. The smallest absolute Gasteiger partial charge is 0.387 e. The summed E-state index contributed by atoms with van der Waals surface area (Å²) in [6.45, 7) is 4.82. The largest absolute Gasteiger partial charge is 0.472 e. The molecule has 0 saturated heterocycles. The zero-order chi connectivity index (χ0) is 59.8. The van der Waals surface area contributed by atoms with Gasteiger partial charge in [0.1, 0.15) is 13.2 Å². The van der Waals surface area contributed by atoms with E-state index in [0.29, 0.717) is 17.4 Å². The number of phosphoric acid groups is 1. The Bertz CT molecular complexity index is 1520. The maximum Gasteiger partial charge on any atom is 0.472 e. The van der Waals surface area contributed by atoms with Gasteiger partial charge in [0.2, 0.25) is 5.91 Å². The molecule has 0 aromatic rings. The number of aliphatic hydroxyl groups excluding tert-OH is 1. The van der Waals surface area contributed by atoms with Crippen molar-refractivity contribution in [3.05, 3.63) is 60.8 Å². The Balaban J connectivity index is 4.11. The number of phosphoric ester groups is 1. The fourth-order valence-electron chi connectivity index (χ4n) is 10.6. The van der Waals surface area contributed by atoms with Crippen LogP contribution in [0.15, 0.2) is 60.8 Å². The topological polar surface area (TPSA) is 105 Å². The number of quaternary nitrogens is 1. The molecule has 0 aliphatic rings. The monoisotopic (exact) mass is 1170 g/mol. The quantitative estimate of drug-likeness (QED) is 0.0243. The van der Waals surface area contributed by atoms with Gasteiger partial charge in [-0.1, -0.05) is 325 Å². The zero-order valence-corrected chi connectivity index (χ0v) is 56.1. The predicted octanol–water partition coefficient (Wildman–Crippen LogP) is 22.8. The van der Waals surface area contributed by atoms with Gasteiger partial charge in [0.05, 0.1) is 39.9 Å². The Labute approximate surface area is 511 Å². The molecule has 82 heavy (non-hydrogen) atoms. The molecule has 1 amide bonds. The maximum atomic E-state index is 13.0. The molecule has 0 heterocycles. The normalized spacial score (nSPS) is 14.0. The van der Waals surface area contributed by atoms with Gasteiger partial charge in [0.25, 0.3) is 0 Å². The molecule has 8 nitrogen and oxygen atoms in total. The van der Waals surface area contributed by atoms with Gasteiger partial charge in [-0.3, -0.25) is 13.8 Å². The molecule has 0 radical (unpaired) electrons. The zero-order valence-electron chi connectivity index (χ0n) is 55.2. The summed E-state index contributed by atoms with van der Waals surface area (Å²) in [5.41, 5.74) is 0. The minimum absolute atomic E-state index is 0.0532. The number of unbranched alkanes of at least 4 members (excludes halogenated alkanes) is 45. The highest BCUT2D eigenvalue weighted by molar-refractivity contribution is 7.47. The second-order valence-electron chi connectivity index (χ2n) is 25.6. The number of nitrogens with zero attached hydrogens (tertiary/aromatic N) is 1. The van der Waals surface area contributed by atoms with Gasteiger partial charge in [-0.25, -0.2) is 4.57 Å². The first-order valence-corrected chi connectivity index (χ1v) is 37.2. The van der Waals surface area contributed by atoms with E-state index in [0.717, 1.165) is 51.4 Å². The standard InChI is InChI=1S/C73H139N2O6P/c1-6-8-10-12-14-16-18-20-22-24-26-28-30-32-34-36-37-39-40-42-44-46-48-50-52-54-56-58-60-62-64-66-72(76)71(70-81-82(78,79)80-69-68-75(3,4)5)74-73(77)67-65-63-61-59-57-55-53-51-49-47-45-43-41-38-35-33-31-29-27-25-23-21-19-17-15-13-11-9-7-2/h19,21,25,27,48,50,56,58,64,66,71-72,76H,6-18,20,22-24,26,28-47,49,51-55,57,59-63,65,67-70H2,1-5H3,(H-,74,77,78,79)/p+1/b21-19-,27-25-,50-48+,58-56+,66-64+. The van der Waals surface area contributed by atoms with Crippen molar-refractivity contribution in [1.29, 1.82) is 0 Å². The number of allylic oxidation sites excluding steroid dienone is 9. The molecule has 482 valence electrons. The number of likely N-dealkylation sites (N-methyl/N-ethyl adjacent to an activating group) is 1. The third kappa shape index (κ3) is 65.7. The van der Waals surface area contributed by atoms with Gasteiger partial charge < -0.3 is 19.8 Å². The van der Waals surface area contributed by atoms with Crippen molar-refractivity contribution in [2.75, 3.05) is 40.9 Å². The molecule has 0 aromatic heterocycles. The van der Waals surface area contributed by atoms with Gasteiger partial charge in [-0.05, 0) is 77.0 Å². The van der Waals surface area contributed by atoms with Crippen molar-refractivity contribution in [1.82, 2.24) is 5.32 Å². The van der Waals surface area contributed by atoms with E-state index in [9.17, 15) is 19.4 Å². The molecule has 3 N–H and O–H groups in total. The van der Waals surface area contributed by atoms with E-state index in [-0.39, 0.29) is 19.1 Å². The van der Waals surface area contributed by atoms with Crippen LogP contribution in [0.4, 0.5) is 0 Å². The number of nitrogens with one attached hydrogen (secondary N) is 1. The molecular weight excluding hydrogens is 1030 g/mol. The van der Waals surface area contributed by atoms with Gasteiger partial charge in [-0.15, -0.1) is 0 Å². The fourth-order valence-corrected chi connectivity index (χ4v) is 11.4. The number of aliphatic hydroxyl groups is 1. The molecule has 0 aromatic carbocycles. The molecular formula is C73H140N2O6P+. The first-order valence-electron chi connectivity index (χ1n) is 35.7. The summed E-state index contributed by atoms with van der Waals surface area (Å²) in [4.78, 5) is 23.4. The van der Waals surface area contributed by atoms with Gasteiger partial charge in [0, 0.05) is 6.42 Å². The molecule has 3 unspecified atom stereocenters. The molecule has 0 aliphatic carbocycles. The van der Waals surface area contributed by atoms with Crippen LogP contribution in [0.1, 0.15) is 348 Å². The first-order chi connectivity index (χ1) is 40.0. The SMILES string of the molecule is CCCCCCC/C=C\C/C=C\CCCCCCCCCCCCCCCCCCCC(=O)NC(COP(=O)(O)OCC[N+](C)(C)C)C(O)/C=C/CC/C=C/CC/C=C/CCCCCCCCCCCCCCCCCCCCCCC. The molecule has 0 spiro atoms. The lowest BCUT2D eigenvalue weighted by molar-refractivity contribution is -0.870. The number of carbonyl (C=O) groups is 1. The van der Waals surface area contributed by atoms with Crippen molar-refractivity contribution < 1.29 is 32.9 Å². The average molecular weight is 1170 g/mol. The Hall–Kier alpha value is -1.80. The lowest BCUT2D eigenvalue weighted by atomic mass is 10.0. The molecule has 0 aliphatic heterocycles. The lowest BCUT2D eigenvalue weighted by Gasteiger charge is -2.25. The van der Waals surface area contributed by atoms with Crippen LogP contribution in [-0.4, -0.2) is 73.4 Å². The molecule has 9 heteroatoms. The Morgan fingerprint density at radius 2 is 0.707 bits per heavy atom. The van der Waals surface area contributed by atoms with E-state index >= 15 is 0 Å². The molecule has 0 rings (SSSR count). The van der Waals surface area contributed by atoms with Crippen LogP contribution >= 0.6 is 7.82 Å². The number of hydrogen-bond donors (Lipinski definition) is 3. The van der Waals surface area contributed by atoms with Crippen LogP contribution in [0, 0.1) is 0 Å².